The second-order valence-corrected chi connectivity index (χ2v) is 7.95. The summed E-state index contributed by atoms with van der Waals surface area (Å²) >= 11 is 1.52. The van der Waals surface area contributed by atoms with Gasteiger partial charge in [0.05, 0.1) is 6.54 Å². The van der Waals surface area contributed by atoms with Crippen LogP contribution in [0.2, 0.25) is 0 Å². The summed E-state index contributed by atoms with van der Waals surface area (Å²) in [6.07, 6.45) is 11.7. The molecule has 0 spiro atoms. The first-order chi connectivity index (χ1) is 13.2. The largest absolute Gasteiger partial charge is 0.332 e. The predicted molar refractivity (Wildman–Crippen MR) is 114 cm³/mol. The summed E-state index contributed by atoms with van der Waals surface area (Å²) in [4.78, 5) is 21.1. The number of rotatable bonds is 13. The average molecular weight is 392 g/mol. The second-order valence-electron chi connectivity index (χ2n) is 6.91. The fraction of sp³-hybridized carbons (Fsp3) is 0.700. The van der Waals surface area contributed by atoms with E-state index in [0.29, 0.717) is 18.2 Å². The molecule has 0 aromatic carbocycles. The molecule has 0 aliphatic carbocycles. The maximum absolute atomic E-state index is 12.9. The minimum Gasteiger partial charge on any atom is -0.316 e. The fourth-order valence-electron chi connectivity index (χ4n) is 3.00. The zero-order valence-corrected chi connectivity index (χ0v) is 17.6. The van der Waals surface area contributed by atoms with Crippen LogP contribution in [0.4, 0.5) is 9.93 Å². The normalized spacial score (nSPS) is 15.9. The number of anilines is 1. The van der Waals surface area contributed by atoms with Gasteiger partial charge in [-0.25, -0.2) is 9.69 Å². The number of nitrogens with zero attached hydrogens (tertiary/aromatic N) is 5. The van der Waals surface area contributed by atoms with Crippen molar-refractivity contribution in [1.29, 1.82) is 0 Å². The lowest BCUT2D eigenvalue weighted by molar-refractivity contribution is 0.221. The molecule has 6 nitrogen and oxygen atoms in total. The lowest BCUT2D eigenvalue weighted by Gasteiger charge is -2.14. The molecule has 1 aliphatic rings. The van der Waals surface area contributed by atoms with E-state index in [1.807, 2.05) is 11.0 Å². The monoisotopic (exact) mass is 391 g/mol. The number of hydrogen-bond acceptors (Lipinski definition) is 5. The van der Waals surface area contributed by atoms with Gasteiger partial charge in [0.15, 0.2) is 0 Å². The molecule has 1 aromatic rings. The molecule has 7 heteroatoms. The molecular formula is C20H33N5OS. The average Bonchev–Trinajstić information content (AvgIpc) is 3.24. The van der Waals surface area contributed by atoms with Gasteiger partial charge >= 0.3 is 6.03 Å². The number of amidine groups is 1. The van der Waals surface area contributed by atoms with Gasteiger partial charge in [0, 0.05) is 19.5 Å². The van der Waals surface area contributed by atoms with Gasteiger partial charge in [0.1, 0.15) is 10.8 Å². The lowest BCUT2D eigenvalue weighted by atomic mass is 10.2. The number of unbranched alkanes of at least 4 members (excludes halogenated alkanes) is 5. The van der Waals surface area contributed by atoms with Crippen molar-refractivity contribution < 1.29 is 4.79 Å². The van der Waals surface area contributed by atoms with Crippen molar-refractivity contribution >= 4 is 28.3 Å². The van der Waals surface area contributed by atoms with E-state index in [9.17, 15) is 4.79 Å². The molecule has 1 aromatic heterocycles. The molecule has 1 saturated heterocycles. The van der Waals surface area contributed by atoms with Gasteiger partial charge < -0.3 is 4.90 Å². The quantitative estimate of drug-likeness (QED) is 0.348. The number of carbonyl (C=O) groups is 1. The highest BCUT2D eigenvalue weighted by atomic mass is 32.1. The molecule has 1 aliphatic heterocycles. The third kappa shape index (κ3) is 6.41. The first-order valence-electron chi connectivity index (χ1n) is 10.3. The van der Waals surface area contributed by atoms with E-state index in [0.717, 1.165) is 43.1 Å². The van der Waals surface area contributed by atoms with Gasteiger partial charge in [-0.05, 0) is 19.3 Å². The molecule has 0 atom stereocenters. The summed E-state index contributed by atoms with van der Waals surface area (Å²) in [5.41, 5.74) is 0. The van der Waals surface area contributed by atoms with E-state index in [4.69, 9.17) is 4.99 Å². The van der Waals surface area contributed by atoms with Gasteiger partial charge in [0.25, 0.3) is 0 Å². The maximum Gasteiger partial charge on any atom is 0.332 e. The number of aliphatic imine (C=N–C) groups is 1. The van der Waals surface area contributed by atoms with Crippen LogP contribution in [-0.2, 0) is 6.42 Å². The Kier molecular flexibility index (Phi) is 9.45. The Morgan fingerprint density at radius 2 is 1.93 bits per heavy atom. The molecule has 2 rings (SSSR count). The number of aromatic nitrogens is 2. The molecular weight excluding hydrogens is 358 g/mol. The first kappa shape index (κ1) is 21.5. The smallest absolute Gasteiger partial charge is 0.316 e. The van der Waals surface area contributed by atoms with Crippen LogP contribution in [0.25, 0.3) is 0 Å². The van der Waals surface area contributed by atoms with Crippen LogP contribution < -0.4 is 4.90 Å². The van der Waals surface area contributed by atoms with E-state index in [1.165, 1.54) is 43.4 Å². The van der Waals surface area contributed by atoms with Gasteiger partial charge in [-0.1, -0.05) is 63.4 Å². The number of carbonyl (C=O) groups excluding carboxylic acids is 1. The van der Waals surface area contributed by atoms with E-state index in [2.05, 4.69) is 30.6 Å². The molecule has 2 heterocycles. The summed E-state index contributed by atoms with van der Waals surface area (Å²) in [7, 11) is 0. The minimum absolute atomic E-state index is 0.0413. The summed E-state index contributed by atoms with van der Waals surface area (Å²) in [5.74, 6) is 0.803. The Balaban J connectivity index is 2.08. The van der Waals surface area contributed by atoms with Crippen LogP contribution in [0.15, 0.2) is 17.6 Å². The van der Waals surface area contributed by atoms with Crippen LogP contribution in [0.5, 0.6) is 0 Å². The van der Waals surface area contributed by atoms with Crippen molar-refractivity contribution in [2.45, 2.75) is 71.6 Å². The topological polar surface area (TPSA) is 61.7 Å². The van der Waals surface area contributed by atoms with Crippen molar-refractivity contribution in [2.24, 2.45) is 4.99 Å². The first-order valence-corrected chi connectivity index (χ1v) is 11.1. The van der Waals surface area contributed by atoms with Crippen LogP contribution in [-0.4, -0.2) is 46.6 Å². The van der Waals surface area contributed by atoms with Gasteiger partial charge in [-0.15, -0.1) is 16.8 Å². The van der Waals surface area contributed by atoms with Crippen molar-refractivity contribution in [3.8, 4) is 0 Å². The van der Waals surface area contributed by atoms with Crippen molar-refractivity contribution in [2.75, 3.05) is 24.5 Å². The highest BCUT2D eigenvalue weighted by Crippen LogP contribution is 2.27. The Bertz CT molecular complexity index is 628. The highest BCUT2D eigenvalue weighted by molar-refractivity contribution is 7.15. The number of aryl methyl sites for hydroxylation is 1. The van der Waals surface area contributed by atoms with Crippen LogP contribution >= 0.6 is 11.3 Å². The van der Waals surface area contributed by atoms with Crippen LogP contribution in [0, 0.1) is 0 Å². The second kappa shape index (κ2) is 11.8. The molecule has 0 radical (unpaired) electrons. The molecule has 2 amide bonds. The van der Waals surface area contributed by atoms with Gasteiger partial charge in [-0.2, -0.15) is 0 Å². The molecule has 0 N–H and O–H groups in total. The van der Waals surface area contributed by atoms with E-state index >= 15 is 0 Å². The molecule has 150 valence electrons. The number of amides is 2. The van der Waals surface area contributed by atoms with Crippen LogP contribution in [0.3, 0.4) is 0 Å². The minimum atomic E-state index is -0.0413. The van der Waals surface area contributed by atoms with Crippen molar-refractivity contribution in [1.82, 2.24) is 15.1 Å². The Labute approximate surface area is 167 Å². The standard InChI is InChI=1S/C20H33N5OS/c1-4-7-10-12-14-21-17-16-24(15-9-6-3)20(26)25(17)19-23-22-18(27-19)13-11-8-5-2/h6H,3-5,7-16H2,1-2H3. The molecule has 0 bridgehead atoms. The van der Waals surface area contributed by atoms with Crippen molar-refractivity contribution in [3.05, 3.63) is 17.7 Å². The molecule has 27 heavy (non-hydrogen) atoms. The molecule has 0 unspecified atom stereocenters. The maximum atomic E-state index is 12.9. The van der Waals surface area contributed by atoms with Crippen LogP contribution in [0.1, 0.15) is 70.2 Å². The van der Waals surface area contributed by atoms with E-state index < -0.39 is 0 Å². The fourth-order valence-corrected chi connectivity index (χ4v) is 3.90. The highest BCUT2D eigenvalue weighted by Gasteiger charge is 2.37. The summed E-state index contributed by atoms with van der Waals surface area (Å²) < 4.78 is 0. The lowest BCUT2D eigenvalue weighted by Crippen LogP contribution is -2.33. The zero-order valence-electron chi connectivity index (χ0n) is 16.8. The van der Waals surface area contributed by atoms with E-state index in [-0.39, 0.29) is 6.03 Å². The third-order valence-corrected chi connectivity index (χ3v) is 5.57. The SMILES string of the molecule is C=CCCN1CC(=NCCCCCC)N(c2nnc(CCCCC)s2)C1=O. The predicted octanol–water partition coefficient (Wildman–Crippen LogP) is 5.07. The van der Waals surface area contributed by atoms with Gasteiger partial charge in [-0.3, -0.25) is 4.99 Å². The zero-order chi connectivity index (χ0) is 19.5. The number of hydrogen-bond donors (Lipinski definition) is 0. The Morgan fingerprint density at radius 3 is 2.67 bits per heavy atom. The summed E-state index contributed by atoms with van der Waals surface area (Å²) in [5, 5.41) is 10.2. The van der Waals surface area contributed by atoms with E-state index in [1.54, 1.807) is 4.90 Å². The Morgan fingerprint density at radius 1 is 1.15 bits per heavy atom. The van der Waals surface area contributed by atoms with Gasteiger partial charge in [0.2, 0.25) is 5.13 Å². The summed E-state index contributed by atoms with van der Waals surface area (Å²) in [6.45, 7) is 10.1. The van der Waals surface area contributed by atoms with Crippen molar-refractivity contribution in [3.63, 3.8) is 0 Å². The third-order valence-electron chi connectivity index (χ3n) is 4.60. The number of urea groups is 1. The molecule has 0 saturated carbocycles. The molecule has 1 fully saturated rings. The summed E-state index contributed by atoms with van der Waals surface area (Å²) in [6, 6.07) is -0.0413. The Hall–Kier alpha value is -1.76.